The molecule has 0 fully saturated rings. The number of fused-ring (bicyclic) bond motifs is 3. The fourth-order valence-corrected chi connectivity index (χ4v) is 2.22. The number of amides is 1. The summed E-state index contributed by atoms with van der Waals surface area (Å²) in [6.07, 6.45) is 0. The Morgan fingerprint density at radius 1 is 1.11 bits per heavy atom. The van der Waals surface area contributed by atoms with Crippen LogP contribution in [0.25, 0.3) is 21.7 Å². The Balaban J connectivity index is 2.50. The topological polar surface area (TPSA) is 73.3 Å². The Morgan fingerprint density at radius 3 is 2.63 bits per heavy atom. The highest BCUT2D eigenvalue weighted by Crippen LogP contribution is 2.25. The van der Waals surface area contributed by atoms with Gasteiger partial charge >= 0.3 is 5.63 Å². The molecule has 4 nitrogen and oxygen atoms in total. The molecule has 1 amide bonds. The van der Waals surface area contributed by atoms with Crippen LogP contribution in [-0.2, 0) is 0 Å². The Labute approximate surface area is 108 Å². The first-order valence-corrected chi connectivity index (χ1v) is 5.83. The Morgan fingerprint density at radius 2 is 1.89 bits per heavy atom. The minimum atomic E-state index is -0.778. The first-order valence-electron chi connectivity index (χ1n) is 5.83. The molecule has 19 heavy (non-hydrogen) atoms. The minimum absolute atomic E-state index is 0.124. The minimum Gasteiger partial charge on any atom is -0.422 e. The van der Waals surface area contributed by atoms with Crippen LogP contribution in [0.1, 0.15) is 15.9 Å². The Bertz CT molecular complexity index is 878. The van der Waals surface area contributed by atoms with Crippen LogP contribution >= 0.6 is 0 Å². The van der Waals surface area contributed by atoms with E-state index in [1.165, 1.54) is 6.07 Å². The SMILES string of the molecule is Cc1ccc2c(ccc3oc(=O)c(C(N)=O)cc32)c1. The van der Waals surface area contributed by atoms with Crippen molar-refractivity contribution < 1.29 is 9.21 Å². The first-order chi connectivity index (χ1) is 9.06. The second-order valence-corrected chi connectivity index (χ2v) is 4.51. The maximum absolute atomic E-state index is 11.6. The molecule has 0 aliphatic rings. The van der Waals surface area contributed by atoms with Crippen molar-refractivity contribution in [1.29, 1.82) is 0 Å². The van der Waals surface area contributed by atoms with E-state index in [4.69, 9.17) is 10.2 Å². The quantitative estimate of drug-likeness (QED) is 0.534. The third-order valence-electron chi connectivity index (χ3n) is 3.15. The normalized spacial score (nSPS) is 11.0. The van der Waals surface area contributed by atoms with E-state index in [2.05, 4.69) is 0 Å². The van der Waals surface area contributed by atoms with Gasteiger partial charge in [0, 0.05) is 5.39 Å². The number of primary amides is 1. The predicted octanol–water partition coefficient (Wildman–Crippen LogP) is 2.35. The second-order valence-electron chi connectivity index (χ2n) is 4.51. The summed E-state index contributed by atoms with van der Waals surface area (Å²) in [4.78, 5) is 22.8. The summed E-state index contributed by atoms with van der Waals surface area (Å²) in [6, 6.07) is 11.1. The van der Waals surface area contributed by atoms with Crippen molar-refractivity contribution in [2.75, 3.05) is 0 Å². The molecular formula is C15H11NO3. The smallest absolute Gasteiger partial charge is 0.349 e. The fraction of sp³-hybridized carbons (Fsp3) is 0.0667. The molecule has 0 bridgehead atoms. The molecule has 0 saturated carbocycles. The van der Waals surface area contributed by atoms with E-state index in [1.807, 2.05) is 31.2 Å². The zero-order valence-corrected chi connectivity index (χ0v) is 10.3. The summed E-state index contributed by atoms with van der Waals surface area (Å²) in [7, 11) is 0. The van der Waals surface area contributed by atoms with Gasteiger partial charge in [0.15, 0.2) is 0 Å². The number of hydrogen-bond acceptors (Lipinski definition) is 3. The molecule has 0 aliphatic heterocycles. The third-order valence-corrected chi connectivity index (χ3v) is 3.15. The number of benzene rings is 2. The van der Waals surface area contributed by atoms with Gasteiger partial charge in [-0.1, -0.05) is 29.8 Å². The molecule has 4 heteroatoms. The maximum atomic E-state index is 11.6. The van der Waals surface area contributed by atoms with Gasteiger partial charge in [0.05, 0.1) is 0 Å². The van der Waals surface area contributed by atoms with E-state index in [1.54, 1.807) is 6.07 Å². The molecule has 3 rings (SSSR count). The van der Waals surface area contributed by atoms with Crippen LogP contribution in [0.2, 0.25) is 0 Å². The average Bonchev–Trinajstić information content (AvgIpc) is 2.37. The van der Waals surface area contributed by atoms with Gasteiger partial charge in [-0.25, -0.2) is 4.79 Å². The highest BCUT2D eigenvalue weighted by Gasteiger charge is 2.12. The van der Waals surface area contributed by atoms with Gasteiger partial charge in [-0.05, 0) is 29.8 Å². The van der Waals surface area contributed by atoms with Crippen LogP contribution in [0.15, 0.2) is 45.6 Å². The van der Waals surface area contributed by atoms with Crippen molar-refractivity contribution in [1.82, 2.24) is 0 Å². The van der Waals surface area contributed by atoms with Crippen LogP contribution in [0.3, 0.4) is 0 Å². The zero-order valence-electron chi connectivity index (χ0n) is 10.3. The lowest BCUT2D eigenvalue weighted by molar-refractivity contribution is 0.0997. The van der Waals surface area contributed by atoms with E-state index in [-0.39, 0.29) is 5.56 Å². The van der Waals surface area contributed by atoms with E-state index < -0.39 is 11.5 Å². The lowest BCUT2D eigenvalue weighted by atomic mass is 10.0. The van der Waals surface area contributed by atoms with Gasteiger partial charge in [-0.15, -0.1) is 0 Å². The highest BCUT2D eigenvalue weighted by atomic mass is 16.4. The Hall–Kier alpha value is -2.62. The molecular weight excluding hydrogens is 242 g/mol. The number of aryl methyl sites for hydroxylation is 1. The van der Waals surface area contributed by atoms with Gasteiger partial charge in [-0.3, -0.25) is 4.79 Å². The van der Waals surface area contributed by atoms with E-state index in [9.17, 15) is 9.59 Å². The molecule has 0 spiro atoms. The molecule has 0 unspecified atom stereocenters. The largest absolute Gasteiger partial charge is 0.422 e. The standard InChI is InChI=1S/C15H11NO3/c1-8-2-4-10-9(6-8)3-5-13-11(10)7-12(14(16)17)15(18)19-13/h2-7H,1H3,(H2,16,17). The molecule has 0 atom stereocenters. The summed E-state index contributed by atoms with van der Waals surface area (Å²) in [5.74, 6) is -0.778. The molecule has 2 N–H and O–H groups in total. The Kier molecular flexibility index (Phi) is 2.38. The van der Waals surface area contributed by atoms with Crippen LogP contribution in [0.4, 0.5) is 0 Å². The van der Waals surface area contributed by atoms with Crippen LogP contribution in [0.5, 0.6) is 0 Å². The molecule has 94 valence electrons. The average molecular weight is 253 g/mol. The highest BCUT2D eigenvalue weighted by molar-refractivity contribution is 6.07. The fourth-order valence-electron chi connectivity index (χ4n) is 2.22. The van der Waals surface area contributed by atoms with Crippen LogP contribution in [0, 0.1) is 6.92 Å². The lowest BCUT2D eigenvalue weighted by Crippen LogP contribution is -2.20. The van der Waals surface area contributed by atoms with Crippen LogP contribution < -0.4 is 11.4 Å². The lowest BCUT2D eigenvalue weighted by Gasteiger charge is -2.04. The number of rotatable bonds is 1. The molecule has 1 heterocycles. The van der Waals surface area contributed by atoms with Gasteiger partial charge in [-0.2, -0.15) is 0 Å². The molecule has 3 aromatic rings. The van der Waals surface area contributed by atoms with Crippen molar-refractivity contribution in [3.8, 4) is 0 Å². The summed E-state index contributed by atoms with van der Waals surface area (Å²) < 4.78 is 5.14. The number of carbonyl (C=O) groups excluding carboxylic acids is 1. The van der Waals surface area contributed by atoms with E-state index in [0.29, 0.717) is 11.0 Å². The van der Waals surface area contributed by atoms with Crippen LogP contribution in [-0.4, -0.2) is 5.91 Å². The maximum Gasteiger partial charge on any atom is 0.349 e. The van der Waals surface area contributed by atoms with Crippen molar-refractivity contribution in [2.45, 2.75) is 6.92 Å². The van der Waals surface area contributed by atoms with Crippen molar-refractivity contribution in [3.63, 3.8) is 0 Å². The summed E-state index contributed by atoms with van der Waals surface area (Å²) in [5.41, 5.74) is 5.94. The van der Waals surface area contributed by atoms with Crippen molar-refractivity contribution in [3.05, 3.63) is 57.9 Å². The number of carbonyl (C=O) groups is 1. The summed E-state index contributed by atoms with van der Waals surface area (Å²) in [5, 5.41) is 2.66. The van der Waals surface area contributed by atoms with Gasteiger partial charge in [0.25, 0.3) is 5.91 Å². The molecule has 0 saturated heterocycles. The van der Waals surface area contributed by atoms with E-state index in [0.717, 1.165) is 16.3 Å². The number of hydrogen-bond donors (Lipinski definition) is 1. The van der Waals surface area contributed by atoms with Crippen molar-refractivity contribution in [2.24, 2.45) is 5.73 Å². The molecule has 2 aromatic carbocycles. The van der Waals surface area contributed by atoms with Crippen molar-refractivity contribution >= 4 is 27.6 Å². The molecule has 1 aromatic heterocycles. The van der Waals surface area contributed by atoms with E-state index >= 15 is 0 Å². The summed E-state index contributed by atoms with van der Waals surface area (Å²) in [6.45, 7) is 2.00. The summed E-state index contributed by atoms with van der Waals surface area (Å²) >= 11 is 0. The molecule has 0 aliphatic carbocycles. The number of nitrogens with two attached hydrogens (primary N) is 1. The predicted molar refractivity (Wildman–Crippen MR) is 73.2 cm³/mol. The third kappa shape index (κ3) is 1.78. The first kappa shape index (κ1) is 11.5. The van der Waals surface area contributed by atoms with Gasteiger partial charge in [0.1, 0.15) is 11.1 Å². The van der Waals surface area contributed by atoms with Gasteiger partial charge < -0.3 is 10.2 Å². The second kappa shape index (κ2) is 3.95. The van der Waals surface area contributed by atoms with Gasteiger partial charge in [0.2, 0.25) is 0 Å². The monoisotopic (exact) mass is 253 g/mol. The molecule has 0 radical (unpaired) electrons. The zero-order chi connectivity index (χ0) is 13.6.